The Morgan fingerprint density at radius 1 is 1.19 bits per heavy atom. The maximum Gasteiger partial charge on any atom is 0.404 e. The summed E-state index contributed by atoms with van der Waals surface area (Å²) in [5.41, 5.74) is 5.00. The van der Waals surface area contributed by atoms with Crippen LogP contribution in [0.2, 0.25) is 0 Å². The van der Waals surface area contributed by atoms with Crippen molar-refractivity contribution in [3.63, 3.8) is 0 Å². The first-order valence-electron chi connectivity index (χ1n) is 7.63. The molecule has 3 N–H and O–H groups in total. The molecule has 1 fully saturated rings. The molecule has 5 atom stereocenters. The molecule has 0 aromatic heterocycles. The molecule has 0 bridgehead atoms. The van der Waals surface area contributed by atoms with Crippen molar-refractivity contribution in [2.24, 2.45) is 23.5 Å². The van der Waals surface area contributed by atoms with E-state index in [1.54, 1.807) is 0 Å². The van der Waals surface area contributed by atoms with Gasteiger partial charge < -0.3 is 10.5 Å². The number of alkyl halides is 2. The zero-order valence-electron chi connectivity index (χ0n) is 13.7. The summed E-state index contributed by atoms with van der Waals surface area (Å²) >= 11 is 11.0. The van der Waals surface area contributed by atoms with Gasteiger partial charge in [-0.3, -0.25) is 5.32 Å². The summed E-state index contributed by atoms with van der Waals surface area (Å²) in [6.45, 7) is 10.2. The quantitative estimate of drug-likeness (QED) is 0.592. The molecule has 1 aliphatic rings. The molecule has 0 heterocycles. The van der Waals surface area contributed by atoms with Crippen molar-refractivity contribution in [2.45, 2.75) is 71.0 Å². The van der Waals surface area contributed by atoms with Crippen molar-refractivity contribution in [1.82, 2.24) is 5.32 Å². The summed E-state index contributed by atoms with van der Waals surface area (Å²) < 4.78 is 5.17. The third-order valence-electron chi connectivity index (χ3n) is 3.69. The van der Waals surface area contributed by atoms with Crippen molar-refractivity contribution >= 4 is 29.3 Å². The Balaban J connectivity index is 0.000000486. The van der Waals surface area contributed by atoms with Gasteiger partial charge in [-0.1, -0.05) is 27.2 Å². The van der Waals surface area contributed by atoms with Gasteiger partial charge in [-0.05, 0) is 44.4 Å². The highest BCUT2D eigenvalue weighted by Crippen LogP contribution is 2.35. The molecule has 5 unspecified atom stereocenters. The van der Waals surface area contributed by atoms with Crippen LogP contribution in [-0.2, 0) is 4.74 Å². The number of ether oxygens (including phenoxy) is 1. The van der Waals surface area contributed by atoms with Crippen LogP contribution in [0.4, 0.5) is 4.79 Å². The lowest BCUT2D eigenvalue weighted by molar-refractivity contribution is 0.0105. The summed E-state index contributed by atoms with van der Waals surface area (Å²) in [7, 11) is 0. The topological polar surface area (TPSA) is 64.3 Å². The highest BCUT2D eigenvalue weighted by atomic mass is 35.5. The first-order valence-corrected chi connectivity index (χ1v) is 8.51. The number of nitrogens with two attached hydrogens (primary N) is 1. The van der Waals surface area contributed by atoms with Crippen LogP contribution in [-0.4, -0.2) is 23.2 Å². The standard InChI is InChI=1S/C11H21NO2.C4H9Cl2N/c1-7(2)9-5-4-8(3)6-10(9)14-11(12)13;1-3(5)7-4(2)6/h7-10H,4-6H2,1-3H3,(H2,12,13);3-4,7H,1-2H3. The molecule has 126 valence electrons. The maximum absolute atomic E-state index is 10.7. The van der Waals surface area contributed by atoms with Gasteiger partial charge in [-0.15, -0.1) is 23.2 Å². The van der Waals surface area contributed by atoms with Crippen LogP contribution < -0.4 is 11.1 Å². The Labute approximate surface area is 139 Å². The number of halogens is 2. The molecule has 0 saturated heterocycles. The van der Waals surface area contributed by atoms with E-state index in [4.69, 9.17) is 33.7 Å². The van der Waals surface area contributed by atoms with Crippen LogP contribution in [0.25, 0.3) is 0 Å². The smallest absolute Gasteiger partial charge is 0.404 e. The van der Waals surface area contributed by atoms with Gasteiger partial charge in [0.15, 0.2) is 0 Å². The van der Waals surface area contributed by atoms with E-state index in [9.17, 15) is 4.79 Å². The Morgan fingerprint density at radius 3 is 2.05 bits per heavy atom. The first-order chi connectivity index (χ1) is 9.63. The number of primary amides is 1. The molecule has 1 amide bonds. The molecule has 6 heteroatoms. The van der Waals surface area contributed by atoms with E-state index in [0.29, 0.717) is 17.8 Å². The summed E-state index contributed by atoms with van der Waals surface area (Å²) in [5, 5.41) is 2.84. The fraction of sp³-hybridized carbons (Fsp3) is 0.933. The Bertz CT molecular complexity index is 293. The normalized spacial score (nSPS) is 28.3. The van der Waals surface area contributed by atoms with Gasteiger partial charge in [0.1, 0.15) is 6.10 Å². The van der Waals surface area contributed by atoms with E-state index in [0.717, 1.165) is 12.8 Å². The number of carbonyl (C=O) groups excluding carboxylic acids is 1. The molecule has 0 radical (unpaired) electrons. The molecular weight excluding hydrogens is 311 g/mol. The zero-order valence-corrected chi connectivity index (χ0v) is 15.2. The van der Waals surface area contributed by atoms with Crippen LogP contribution in [0.1, 0.15) is 53.9 Å². The minimum Gasteiger partial charge on any atom is -0.446 e. The molecule has 0 aromatic carbocycles. The van der Waals surface area contributed by atoms with Crippen LogP contribution in [0, 0.1) is 17.8 Å². The van der Waals surface area contributed by atoms with Crippen LogP contribution in [0.15, 0.2) is 0 Å². The zero-order chi connectivity index (χ0) is 16.6. The molecule has 1 rings (SSSR count). The maximum atomic E-state index is 10.7. The minimum atomic E-state index is -0.630. The molecule has 1 saturated carbocycles. The lowest BCUT2D eigenvalue weighted by atomic mass is 9.75. The van der Waals surface area contributed by atoms with Crippen molar-refractivity contribution in [3.05, 3.63) is 0 Å². The van der Waals surface area contributed by atoms with E-state index in [1.165, 1.54) is 6.42 Å². The fourth-order valence-electron chi connectivity index (χ4n) is 2.72. The van der Waals surface area contributed by atoms with Crippen molar-refractivity contribution < 1.29 is 9.53 Å². The first kappa shape index (κ1) is 20.8. The van der Waals surface area contributed by atoms with Gasteiger partial charge in [-0.2, -0.15) is 0 Å². The van der Waals surface area contributed by atoms with Gasteiger partial charge in [-0.25, -0.2) is 4.79 Å². The molecule has 0 spiro atoms. The van der Waals surface area contributed by atoms with Crippen molar-refractivity contribution in [2.75, 3.05) is 0 Å². The van der Waals surface area contributed by atoms with Gasteiger partial charge in [0, 0.05) is 0 Å². The second-order valence-electron chi connectivity index (χ2n) is 6.20. The highest BCUT2D eigenvalue weighted by molar-refractivity contribution is 6.22. The molecule has 1 aliphatic carbocycles. The monoisotopic (exact) mass is 340 g/mol. The van der Waals surface area contributed by atoms with Gasteiger partial charge in [0.2, 0.25) is 0 Å². The summed E-state index contributed by atoms with van der Waals surface area (Å²) in [6, 6.07) is 0. The van der Waals surface area contributed by atoms with E-state index >= 15 is 0 Å². The Morgan fingerprint density at radius 2 is 1.71 bits per heavy atom. The minimum absolute atomic E-state index is 0.0347. The van der Waals surface area contributed by atoms with E-state index in [-0.39, 0.29) is 17.1 Å². The van der Waals surface area contributed by atoms with Gasteiger partial charge >= 0.3 is 6.09 Å². The molecule has 0 aliphatic heterocycles. The lowest BCUT2D eigenvalue weighted by Gasteiger charge is -2.36. The van der Waals surface area contributed by atoms with Crippen LogP contribution >= 0.6 is 23.2 Å². The largest absolute Gasteiger partial charge is 0.446 e. The number of carbonyl (C=O) groups is 1. The third-order valence-corrected chi connectivity index (χ3v) is 3.94. The molecule has 4 nitrogen and oxygen atoms in total. The van der Waals surface area contributed by atoms with E-state index < -0.39 is 6.09 Å². The summed E-state index contributed by atoms with van der Waals surface area (Å²) in [5.74, 6) is 1.69. The third kappa shape index (κ3) is 10.2. The van der Waals surface area contributed by atoms with Gasteiger partial charge in [0.25, 0.3) is 0 Å². The summed E-state index contributed by atoms with van der Waals surface area (Å²) in [4.78, 5) is 10.7. The van der Waals surface area contributed by atoms with Crippen molar-refractivity contribution in [1.29, 1.82) is 0 Å². The molecule has 21 heavy (non-hydrogen) atoms. The average molecular weight is 341 g/mol. The average Bonchev–Trinajstić information content (AvgIpc) is 2.26. The number of amides is 1. The molecular formula is C15H30Cl2N2O2. The number of rotatable bonds is 4. The van der Waals surface area contributed by atoms with E-state index in [2.05, 4.69) is 26.1 Å². The number of hydrogen-bond donors (Lipinski definition) is 2. The second-order valence-corrected chi connectivity index (χ2v) is 7.51. The Kier molecular flexibility index (Phi) is 10.4. The molecule has 0 aromatic rings. The number of hydrogen-bond acceptors (Lipinski definition) is 3. The number of nitrogens with one attached hydrogen (secondary N) is 1. The summed E-state index contributed by atoms with van der Waals surface area (Å²) in [6.07, 6.45) is 2.76. The van der Waals surface area contributed by atoms with Gasteiger partial charge in [0.05, 0.1) is 11.0 Å². The predicted molar refractivity (Wildman–Crippen MR) is 89.6 cm³/mol. The fourth-order valence-corrected chi connectivity index (χ4v) is 3.16. The predicted octanol–water partition coefficient (Wildman–Crippen LogP) is 4.29. The Hall–Kier alpha value is -0.190. The van der Waals surface area contributed by atoms with Crippen LogP contribution in [0.5, 0.6) is 0 Å². The lowest BCUT2D eigenvalue weighted by Crippen LogP contribution is -2.37. The second kappa shape index (κ2) is 10.5. The van der Waals surface area contributed by atoms with E-state index in [1.807, 2.05) is 13.8 Å². The van der Waals surface area contributed by atoms with Crippen molar-refractivity contribution in [3.8, 4) is 0 Å². The SMILES string of the molecule is CC(Cl)NC(C)Cl.CC1CCC(C(C)C)C(OC(N)=O)C1. The highest BCUT2D eigenvalue weighted by Gasteiger charge is 2.32. The van der Waals surface area contributed by atoms with Crippen LogP contribution in [0.3, 0.4) is 0 Å².